The summed E-state index contributed by atoms with van der Waals surface area (Å²) < 4.78 is 0. The van der Waals surface area contributed by atoms with Gasteiger partial charge in [-0.05, 0) is 25.2 Å². The normalized spacial score (nSPS) is 33.6. The van der Waals surface area contributed by atoms with Crippen molar-refractivity contribution in [2.24, 2.45) is 5.92 Å². The lowest BCUT2D eigenvalue weighted by molar-refractivity contribution is 0.0456. The second-order valence-electron chi connectivity index (χ2n) is 4.35. The van der Waals surface area contributed by atoms with Crippen LogP contribution in [0.2, 0.25) is 0 Å². The van der Waals surface area contributed by atoms with Gasteiger partial charge in [0.1, 0.15) is 0 Å². The molecule has 1 nitrogen and oxygen atoms in total. The van der Waals surface area contributed by atoms with Crippen LogP contribution in [-0.4, -0.2) is 10.7 Å². The van der Waals surface area contributed by atoms with Gasteiger partial charge < -0.3 is 5.11 Å². The molecule has 1 heteroatoms. The number of allylic oxidation sites excluding steroid dienone is 1. The minimum Gasteiger partial charge on any atom is -0.386 e. The Morgan fingerprint density at radius 1 is 1.38 bits per heavy atom. The molecule has 0 fully saturated rings. The molecule has 0 saturated carbocycles. The second-order valence-corrected chi connectivity index (χ2v) is 4.35. The molecule has 2 unspecified atom stereocenters. The van der Waals surface area contributed by atoms with E-state index in [9.17, 15) is 5.11 Å². The molecule has 2 atom stereocenters. The summed E-state index contributed by atoms with van der Waals surface area (Å²) in [5.41, 5.74) is -0.479. The Morgan fingerprint density at radius 2 is 2.15 bits per heavy atom. The summed E-state index contributed by atoms with van der Waals surface area (Å²) in [5, 5.41) is 10.2. The van der Waals surface area contributed by atoms with Gasteiger partial charge in [0.15, 0.2) is 0 Å². The molecule has 1 rings (SSSR count). The first-order valence-electron chi connectivity index (χ1n) is 5.60. The van der Waals surface area contributed by atoms with E-state index in [0.717, 1.165) is 19.3 Å². The van der Waals surface area contributed by atoms with Crippen LogP contribution in [0.1, 0.15) is 52.4 Å². The van der Waals surface area contributed by atoms with Crippen molar-refractivity contribution in [3.05, 3.63) is 12.2 Å². The third-order valence-electron chi connectivity index (χ3n) is 2.92. The van der Waals surface area contributed by atoms with Crippen molar-refractivity contribution >= 4 is 0 Å². The summed E-state index contributed by atoms with van der Waals surface area (Å²) >= 11 is 0. The molecule has 13 heavy (non-hydrogen) atoms. The van der Waals surface area contributed by atoms with E-state index in [-0.39, 0.29) is 0 Å². The van der Waals surface area contributed by atoms with Gasteiger partial charge in [-0.2, -0.15) is 0 Å². The summed E-state index contributed by atoms with van der Waals surface area (Å²) in [6.45, 7) is 4.35. The van der Waals surface area contributed by atoms with E-state index in [2.05, 4.69) is 19.9 Å². The van der Waals surface area contributed by atoms with Gasteiger partial charge in [-0.25, -0.2) is 0 Å². The molecule has 1 aliphatic rings. The highest BCUT2D eigenvalue weighted by Gasteiger charge is 2.28. The molecule has 0 aromatic heterocycles. The Bertz CT molecular complexity index is 174. The first-order chi connectivity index (χ1) is 6.20. The van der Waals surface area contributed by atoms with Crippen molar-refractivity contribution in [3.63, 3.8) is 0 Å². The Hall–Kier alpha value is -0.300. The molecule has 0 spiro atoms. The van der Waals surface area contributed by atoms with E-state index in [1.807, 2.05) is 6.08 Å². The van der Waals surface area contributed by atoms with E-state index >= 15 is 0 Å². The van der Waals surface area contributed by atoms with Crippen LogP contribution in [0.15, 0.2) is 12.2 Å². The Morgan fingerprint density at radius 3 is 2.77 bits per heavy atom. The predicted octanol–water partition coefficient (Wildman–Crippen LogP) is 3.28. The van der Waals surface area contributed by atoms with Crippen LogP contribution >= 0.6 is 0 Å². The van der Waals surface area contributed by atoms with Crippen molar-refractivity contribution < 1.29 is 5.11 Å². The van der Waals surface area contributed by atoms with Gasteiger partial charge in [-0.3, -0.25) is 0 Å². The molecule has 1 N–H and O–H groups in total. The third kappa shape index (κ3) is 3.15. The van der Waals surface area contributed by atoms with Gasteiger partial charge >= 0.3 is 0 Å². The minimum absolute atomic E-state index is 0.479. The molecular weight excluding hydrogens is 160 g/mol. The van der Waals surface area contributed by atoms with Gasteiger partial charge in [0.05, 0.1) is 5.60 Å². The van der Waals surface area contributed by atoms with Gasteiger partial charge in [0, 0.05) is 0 Å². The number of aliphatic hydroxyl groups is 1. The zero-order valence-corrected chi connectivity index (χ0v) is 8.92. The van der Waals surface area contributed by atoms with Crippen molar-refractivity contribution in [3.8, 4) is 0 Å². The first-order valence-corrected chi connectivity index (χ1v) is 5.60. The quantitative estimate of drug-likeness (QED) is 0.661. The maximum absolute atomic E-state index is 10.2. The number of hydrogen-bond acceptors (Lipinski definition) is 1. The summed E-state index contributed by atoms with van der Waals surface area (Å²) in [6, 6.07) is 0. The highest BCUT2D eigenvalue weighted by atomic mass is 16.3. The number of rotatable bonds is 4. The lowest BCUT2D eigenvalue weighted by Gasteiger charge is -2.32. The van der Waals surface area contributed by atoms with Crippen LogP contribution in [0.5, 0.6) is 0 Å². The van der Waals surface area contributed by atoms with Crippen LogP contribution in [0.3, 0.4) is 0 Å². The van der Waals surface area contributed by atoms with Crippen molar-refractivity contribution in [2.45, 2.75) is 58.0 Å². The second kappa shape index (κ2) is 4.80. The smallest absolute Gasteiger partial charge is 0.0830 e. The average Bonchev–Trinajstić information content (AvgIpc) is 2.04. The van der Waals surface area contributed by atoms with Gasteiger partial charge in [0.25, 0.3) is 0 Å². The van der Waals surface area contributed by atoms with Crippen LogP contribution in [0.4, 0.5) is 0 Å². The SMILES string of the molecule is CCCC1CC=CC(O)(CCC)C1. The molecule has 0 aromatic carbocycles. The first kappa shape index (κ1) is 10.8. The molecule has 0 saturated heterocycles. The average molecular weight is 182 g/mol. The Balaban J connectivity index is 2.49. The summed E-state index contributed by atoms with van der Waals surface area (Å²) in [4.78, 5) is 0. The molecule has 0 radical (unpaired) electrons. The monoisotopic (exact) mass is 182 g/mol. The third-order valence-corrected chi connectivity index (χ3v) is 2.92. The highest BCUT2D eigenvalue weighted by Crippen LogP contribution is 2.32. The van der Waals surface area contributed by atoms with E-state index in [1.165, 1.54) is 19.3 Å². The summed E-state index contributed by atoms with van der Waals surface area (Å²) in [7, 11) is 0. The fourth-order valence-corrected chi connectivity index (χ4v) is 2.38. The lowest BCUT2D eigenvalue weighted by atomic mass is 9.79. The van der Waals surface area contributed by atoms with Crippen LogP contribution < -0.4 is 0 Å². The standard InChI is InChI=1S/C12H22O/c1-3-6-11-7-5-9-12(13,10-11)8-4-2/h5,9,11,13H,3-4,6-8,10H2,1-2H3. The maximum atomic E-state index is 10.2. The van der Waals surface area contributed by atoms with Crippen LogP contribution in [0.25, 0.3) is 0 Å². The topological polar surface area (TPSA) is 20.2 Å². The molecule has 0 amide bonds. The molecule has 0 aromatic rings. The zero-order valence-electron chi connectivity index (χ0n) is 8.92. The van der Waals surface area contributed by atoms with Crippen molar-refractivity contribution in [1.82, 2.24) is 0 Å². The maximum Gasteiger partial charge on any atom is 0.0830 e. The molecular formula is C12H22O. The number of hydrogen-bond donors (Lipinski definition) is 1. The molecule has 1 aliphatic carbocycles. The minimum atomic E-state index is -0.479. The largest absolute Gasteiger partial charge is 0.386 e. The summed E-state index contributed by atoms with van der Waals surface area (Å²) in [5.74, 6) is 0.714. The lowest BCUT2D eigenvalue weighted by Crippen LogP contribution is -2.31. The molecule has 0 aliphatic heterocycles. The summed E-state index contributed by atoms with van der Waals surface area (Å²) in [6.07, 6.45) is 10.8. The zero-order chi connectivity index (χ0) is 9.73. The van der Waals surface area contributed by atoms with E-state index < -0.39 is 5.60 Å². The van der Waals surface area contributed by atoms with Crippen LogP contribution in [-0.2, 0) is 0 Å². The predicted molar refractivity (Wildman–Crippen MR) is 56.6 cm³/mol. The van der Waals surface area contributed by atoms with E-state index in [4.69, 9.17) is 0 Å². The van der Waals surface area contributed by atoms with Gasteiger partial charge in [-0.1, -0.05) is 45.3 Å². The van der Waals surface area contributed by atoms with Crippen molar-refractivity contribution in [1.29, 1.82) is 0 Å². The fraction of sp³-hybridized carbons (Fsp3) is 0.833. The van der Waals surface area contributed by atoms with Crippen molar-refractivity contribution in [2.75, 3.05) is 0 Å². The fourth-order valence-electron chi connectivity index (χ4n) is 2.38. The van der Waals surface area contributed by atoms with Crippen LogP contribution in [0, 0.1) is 5.92 Å². The highest BCUT2D eigenvalue weighted by molar-refractivity contribution is 5.06. The van der Waals surface area contributed by atoms with Gasteiger partial charge in [0.2, 0.25) is 0 Å². The molecule has 0 heterocycles. The van der Waals surface area contributed by atoms with E-state index in [1.54, 1.807) is 0 Å². The van der Waals surface area contributed by atoms with E-state index in [0.29, 0.717) is 5.92 Å². The van der Waals surface area contributed by atoms with Gasteiger partial charge in [-0.15, -0.1) is 0 Å². The molecule has 76 valence electrons. The molecule has 0 bridgehead atoms. The Kier molecular flexibility index (Phi) is 3.98. The Labute approximate surface area is 81.9 Å².